The van der Waals surface area contributed by atoms with Gasteiger partial charge in [-0.3, -0.25) is 4.79 Å². The number of phenols is 1. The monoisotopic (exact) mass is 279 g/mol. The lowest BCUT2D eigenvalue weighted by Crippen LogP contribution is -2.10. The van der Waals surface area contributed by atoms with Crippen LogP contribution in [0.15, 0.2) is 10.5 Å². The van der Waals surface area contributed by atoms with Crippen LogP contribution in [-0.4, -0.2) is 17.4 Å². The number of ketones is 1. The van der Waals surface area contributed by atoms with E-state index in [4.69, 9.17) is 10.8 Å². The van der Waals surface area contributed by atoms with Crippen molar-refractivity contribution in [3.05, 3.63) is 27.7 Å². The van der Waals surface area contributed by atoms with Gasteiger partial charge in [-0.1, -0.05) is 0 Å². The molecule has 1 rings (SSSR count). The van der Waals surface area contributed by atoms with Gasteiger partial charge in [-0.05, 0) is 28.5 Å². The maximum atomic E-state index is 13.2. The van der Waals surface area contributed by atoms with Crippen molar-refractivity contribution in [1.82, 2.24) is 0 Å². The van der Waals surface area contributed by atoms with E-state index in [1.807, 2.05) is 0 Å². The first-order valence-corrected chi connectivity index (χ1v) is 4.88. The Balaban J connectivity index is 3.26. The maximum absolute atomic E-state index is 13.2. The first-order valence-electron chi connectivity index (χ1n) is 4.08. The van der Waals surface area contributed by atoms with Gasteiger partial charge in [-0.2, -0.15) is 4.39 Å². The number of nitrogens with two attached hydrogens (primary N) is 1. The third kappa shape index (κ3) is 2.32. The molecule has 6 heteroatoms. The van der Waals surface area contributed by atoms with Crippen LogP contribution in [0, 0.1) is 11.6 Å². The summed E-state index contributed by atoms with van der Waals surface area (Å²) in [4.78, 5) is 11.3. The fourth-order valence-electron chi connectivity index (χ4n) is 1.05. The second-order valence-corrected chi connectivity index (χ2v) is 3.70. The Labute approximate surface area is 93.0 Å². The molecular formula is C9H8BrF2NO2. The molecule has 0 unspecified atom stereocenters. The molecule has 0 heterocycles. The number of carbonyl (C=O) groups excluding carboxylic acids is 1. The quantitative estimate of drug-likeness (QED) is 0.657. The van der Waals surface area contributed by atoms with Gasteiger partial charge < -0.3 is 10.8 Å². The van der Waals surface area contributed by atoms with E-state index in [1.165, 1.54) is 0 Å². The number of aromatic hydroxyl groups is 1. The summed E-state index contributed by atoms with van der Waals surface area (Å²) >= 11 is 2.81. The molecule has 1 aromatic rings. The zero-order chi connectivity index (χ0) is 11.6. The average Bonchev–Trinajstić information content (AvgIpc) is 2.20. The fourth-order valence-corrected chi connectivity index (χ4v) is 1.46. The number of Topliss-reactive ketones (excluding diaryl/α,β-unsaturated/α-hetero) is 1. The van der Waals surface area contributed by atoms with Crippen molar-refractivity contribution in [3.63, 3.8) is 0 Å². The van der Waals surface area contributed by atoms with Crippen molar-refractivity contribution in [1.29, 1.82) is 0 Å². The van der Waals surface area contributed by atoms with Gasteiger partial charge in [0, 0.05) is 6.42 Å². The van der Waals surface area contributed by atoms with Gasteiger partial charge in [0.1, 0.15) is 0 Å². The minimum absolute atomic E-state index is 0.0540. The van der Waals surface area contributed by atoms with E-state index >= 15 is 0 Å². The summed E-state index contributed by atoms with van der Waals surface area (Å²) in [6.45, 7) is 0.0540. The highest BCUT2D eigenvalue weighted by Crippen LogP contribution is 2.31. The molecule has 0 fully saturated rings. The predicted octanol–water partition coefficient (Wildman–Crippen LogP) is 1.96. The van der Waals surface area contributed by atoms with Crippen molar-refractivity contribution in [2.24, 2.45) is 5.73 Å². The SMILES string of the molecule is NCCC(=O)c1cc(Br)c(O)c(F)c1F. The molecular weight excluding hydrogens is 272 g/mol. The number of rotatable bonds is 3. The molecule has 0 saturated carbocycles. The molecule has 82 valence electrons. The lowest BCUT2D eigenvalue weighted by atomic mass is 10.1. The first kappa shape index (κ1) is 12.1. The molecule has 0 aliphatic heterocycles. The molecule has 0 saturated heterocycles. The van der Waals surface area contributed by atoms with E-state index < -0.39 is 28.7 Å². The highest BCUT2D eigenvalue weighted by atomic mass is 79.9. The van der Waals surface area contributed by atoms with Crippen LogP contribution in [0.1, 0.15) is 16.8 Å². The summed E-state index contributed by atoms with van der Waals surface area (Å²) in [5.74, 6) is -4.25. The first-order chi connectivity index (χ1) is 6.99. The summed E-state index contributed by atoms with van der Waals surface area (Å²) in [5.41, 5.74) is 4.71. The van der Waals surface area contributed by atoms with Crippen molar-refractivity contribution in [3.8, 4) is 5.75 Å². The fraction of sp³-hybridized carbons (Fsp3) is 0.222. The lowest BCUT2D eigenvalue weighted by Gasteiger charge is -2.05. The summed E-state index contributed by atoms with van der Waals surface area (Å²) in [6, 6.07) is 1.03. The van der Waals surface area contributed by atoms with Gasteiger partial charge >= 0.3 is 0 Å². The number of carbonyl (C=O) groups is 1. The normalized spacial score (nSPS) is 10.4. The van der Waals surface area contributed by atoms with Crippen molar-refractivity contribution in [2.45, 2.75) is 6.42 Å². The zero-order valence-corrected chi connectivity index (χ0v) is 9.14. The minimum Gasteiger partial charge on any atom is -0.504 e. The Hall–Kier alpha value is -1.01. The van der Waals surface area contributed by atoms with Gasteiger partial charge in [0.15, 0.2) is 17.3 Å². The molecule has 0 spiro atoms. The van der Waals surface area contributed by atoms with E-state index in [0.29, 0.717) is 0 Å². The molecule has 0 aliphatic carbocycles. The predicted molar refractivity (Wildman–Crippen MR) is 53.7 cm³/mol. The Morgan fingerprint density at radius 3 is 2.60 bits per heavy atom. The Kier molecular flexibility index (Phi) is 3.76. The molecule has 1 aromatic carbocycles. The van der Waals surface area contributed by atoms with Crippen LogP contribution in [0.3, 0.4) is 0 Å². The Bertz CT molecular complexity index is 410. The summed E-state index contributed by atoms with van der Waals surface area (Å²) in [5, 5.41) is 9.03. The number of benzene rings is 1. The average molecular weight is 280 g/mol. The number of phenolic OH excluding ortho intramolecular Hbond substituents is 1. The summed E-state index contributed by atoms with van der Waals surface area (Å²) in [7, 11) is 0. The van der Waals surface area contributed by atoms with E-state index in [1.54, 1.807) is 0 Å². The highest BCUT2D eigenvalue weighted by molar-refractivity contribution is 9.10. The van der Waals surface area contributed by atoms with Crippen LogP contribution in [0.4, 0.5) is 8.78 Å². The Morgan fingerprint density at radius 2 is 2.07 bits per heavy atom. The van der Waals surface area contributed by atoms with Crippen molar-refractivity contribution in [2.75, 3.05) is 6.54 Å². The molecule has 0 aliphatic rings. The summed E-state index contributed by atoms with van der Waals surface area (Å²) in [6.07, 6.45) is -0.0758. The highest BCUT2D eigenvalue weighted by Gasteiger charge is 2.20. The molecule has 0 atom stereocenters. The van der Waals surface area contributed by atoms with E-state index in [2.05, 4.69) is 15.9 Å². The molecule has 0 radical (unpaired) electrons. The number of hydrogen-bond donors (Lipinski definition) is 2. The van der Waals surface area contributed by atoms with Gasteiger partial charge in [0.05, 0.1) is 10.0 Å². The molecule has 0 amide bonds. The van der Waals surface area contributed by atoms with E-state index in [9.17, 15) is 13.6 Å². The van der Waals surface area contributed by atoms with E-state index in [0.717, 1.165) is 6.07 Å². The van der Waals surface area contributed by atoms with Crippen LogP contribution >= 0.6 is 15.9 Å². The smallest absolute Gasteiger partial charge is 0.202 e. The van der Waals surface area contributed by atoms with Crippen LogP contribution in [0.5, 0.6) is 5.75 Å². The maximum Gasteiger partial charge on any atom is 0.202 e. The number of halogens is 3. The van der Waals surface area contributed by atoms with Gasteiger partial charge in [-0.25, -0.2) is 4.39 Å². The standard InChI is InChI=1S/C9H8BrF2NO2/c10-5-3-4(6(14)1-2-13)7(11)8(12)9(5)15/h3,15H,1-2,13H2. The lowest BCUT2D eigenvalue weighted by molar-refractivity contribution is 0.0980. The summed E-state index contributed by atoms with van der Waals surface area (Å²) < 4.78 is 26.1. The molecule has 3 N–H and O–H groups in total. The van der Waals surface area contributed by atoms with Crippen molar-refractivity contribution >= 4 is 21.7 Å². The van der Waals surface area contributed by atoms with E-state index in [-0.39, 0.29) is 17.4 Å². The van der Waals surface area contributed by atoms with Crippen molar-refractivity contribution < 1.29 is 18.7 Å². The van der Waals surface area contributed by atoms with Crippen LogP contribution in [-0.2, 0) is 0 Å². The Morgan fingerprint density at radius 1 is 1.47 bits per heavy atom. The number of hydrogen-bond acceptors (Lipinski definition) is 3. The van der Waals surface area contributed by atoms with Crippen LogP contribution in [0.2, 0.25) is 0 Å². The molecule has 0 bridgehead atoms. The second kappa shape index (κ2) is 4.67. The van der Waals surface area contributed by atoms with Gasteiger partial charge in [0.25, 0.3) is 0 Å². The second-order valence-electron chi connectivity index (χ2n) is 2.84. The van der Waals surface area contributed by atoms with Crippen LogP contribution < -0.4 is 5.73 Å². The minimum atomic E-state index is -1.44. The third-order valence-electron chi connectivity index (χ3n) is 1.81. The largest absolute Gasteiger partial charge is 0.504 e. The third-order valence-corrected chi connectivity index (χ3v) is 2.41. The molecule has 0 aromatic heterocycles. The zero-order valence-electron chi connectivity index (χ0n) is 7.56. The molecule has 15 heavy (non-hydrogen) atoms. The van der Waals surface area contributed by atoms with Crippen LogP contribution in [0.25, 0.3) is 0 Å². The van der Waals surface area contributed by atoms with Gasteiger partial charge in [-0.15, -0.1) is 0 Å². The molecule has 3 nitrogen and oxygen atoms in total. The van der Waals surface area contributed by atoms with Gasteiger partial charge in [0.2, 0.25) is 5.82 Å². The topological polar surface area (TPSA) is 63.3 Å².